The fourth-order valence-electron chi connectivity index (χ4n) is 5.72. The van der Waals surface area contributed by atoms with Gasteiger partial charge >= 0.3 is 10.4 Å². The third-order valence-electron chi connectivity index (χ3n) is 8.92. The molecule has 0 spiro atoms. The highest BCUT2D eigenvalue weighted by Crippen LogP contribution is 2.26. The van der Waals surface area contributed by atoms with Crippen LogP contribution in [0.1, 0.15) is 129 Å². The van der Waals surface area contributed by atoms with E-state index in [0.29, 0.717) is 12.8 Å². The first kappa shape index (κ1) is 49.0. The molecule has 0 aromatic rings. The topological polar surface area (TPSA) is 212 Å². The molecule has 14 heteroatoms. The van der Waals surface area contributed by atoms with Gasteiger partial charge in [0.25, 0.3) is 0 Å². The van der Waals surface area contributed by atoms with Gasteiger partial charge in [0.05, 0.1) is 25.4 Å². The molecule has 308 valence electrons. The monoisotopic (exact) mass is 775 g/mol. The highest BCUT2D eigenvalue weighted by molar-refractivity contribution is 7.80. The summed E-state index contributed by atoms with van der Waals surface area (Å²) in [7, 11) is -5.12. The number of allylic oxidation sites excluding steroid dienone is 7. The van der Waals surface area contributed by atoms with Crippen LogP contribution in [-0.4, -0.2) is 107 Å². The Kier molecular flexibility index (Phi) is 28.0. The van der Waals surface area contributed by atoms with E-state index in [0.717, 1.165) is 57.8 Å². The Bertz CT molecular complexity index is 1160. The van der Waals surface area contributed by atoms with Gasteiger partial charge in [-0.1, -0.05) is 107 Å². The predicted octanol–water partition coefficient (Wildman–Crippen LogP) is 5.12. The minimum atomic E-state index is -5.12. The van der Waals surface area contributed by atoms with Crippen LogP contribution in [0.25, 0.3) is 0 Å². The number of hydrogen-bond acceptors (Lipinski definition) is 11. The van der Waals surface area contributed by atoms with Crippen molar-refractivity contribution < 1.29 is 57.0 Å². The zero-order valence-corrected chi connectivity index (χ0v) is 32.7. The summed E-state index contributed by atoms with van der Waals surface area (Å²) in [6.07, 6.45) is 22.2. The van der Waals surface area contributed by atoms with Gasteiger partial charge in [0.2, 0.25) is 5.91 Å². The molecule has 8 atom stereocenters. The zero-order chi connectivity index (χ0) is 39.3. The van der Waals surface area contributed by atoms with E-state index in [1.807, 2.05) is 0 Å². The number of ether oxygens (including phenoxy) is 2. The highest BCUT2D eigenvalue weighted by atomic mass is 32.3. The molecule has 1 amide bonds. The second-order valence-electron chi connectivity index (χ2n) is 13.6. The van der Waals surface area contributed by atoms with Gasteiger partial charge in [-0.15, -0.1) is 0 Å². The van der Waals surface area contributed by atoms with Crippen molar-refractivity contribution in [1.82, 2.24) is 5.32 Å². The minimum Gasteiger partial charge on any atom is -0.394 e. The first-order valence-corrected chi connectivity index (χ1v) is 21.0. The highest BCUT2D eigenvalue weighted by Gasteiger charge is 2.48. The third kappa shape index (κ3) is 23.5. The molecule has 1 saturated heterocycles. The molecule has 7 N–H and O–H groups in total. The van der Waals surface area contributed by atoms with Crippen LogP contribution >= 0.6 is 0 Å². The predicted molar refractivity (Wildman–Crippen MR) is 205 cm³/mol. The average Bonchev–Trinajstić information content (AvgIpc) is 3.12. The second kappa shape index (κ2) is 30.3. The van der Waals surface area contributed by atoms with Crippen LogP contribution in [-0.2, 0) is 28.9 Å². The summed E-state index contributed by atoms with van der Waals surface area (Å²) in [6.45, 7) is 3.07. The standard InChI is InChI=1S/C39H69NO12S/c1-3-5-7-9-11-13-15-16-18-19-21-23-25-27-32(42)31(30-50-39-36(45)37(52-53(47,48)49)35(44)34(29-41)51-39)40-38(46)33(43)28-26-24-22-20-17-14-12-10-8-6-4-2/h11-14,18-19,25,27,31-37,39,41-45H,3-10,15-17,20-24,26,28-30H2,1-2H3,(H,40,46)(H,47,48,49)/b13-11+,14-12-,19-18+,27-25+. The lowest BCUT2D eigenvalue weighted by molar-refractivity contribution is -0.298. The zero-order valence-electron chi connectivity index (χ0n) is 31.9. The molecular weight excluding hydrogens is 706 g/mol. The second-order valence-corrected chi connectivity index (χ2v) is 14.7. The molecule has 1 fully saturated rings. The molecule has 0 radical (unpaired) electrons. The molecule has 0 aromatic heterocycles. The van der Waals surface area contributed by atoms with E-state index < -0.39 is 78.5 Å². The Hall–Kier alpha value is -1.98. The first-order chi connectivity index (χ1) is 25.4. The molecule has 1 heterocycles. The third-order valence-corrected chi connectivity index (χ3v) is 9.38. The minimum absolute atomic E-state index is 0.217. The van der Waals surface area contributed by atoms with Crippen molar-refractivity contribution in [1.29, 1.82) is 0 Å². The molecule has 0 saturated carbocycles. The maximum Gasteiger partial charge on any atom is 0.397 e. The number of unbranched alkanes of at least 4 members (excludes halogenated alkanes) is 12. The SMILES string of the molecule is CCCCC/C=C\CCCCCCC(O)C(=O)NC(COC1OC(CO)C(O)C(OS(=O)(=O)O)C1O)C(O)/C=C/CC/C=C/CC/C=C/CCCCC. The fraction of sp³-hybridized carbons (Fsp3) is 0.769. The molecule has 0 aliphatic carbocycles. The van der Waals surface area contributed by atoms with Crippen LogP contribution in [0.5, 0.6) is 0 Å². The molecular formula is C39H69NO12S. The first-order valence-electron chi connectivity index (χ1n) is 19.6. The van der Waals surface area contributed by atoms with Gasteiger partial charge < -0.3 is 40.3 Å². The van der Waals surface area contributed by atoms with Gasteiger partial charge in [0.15, 0.2) is 6.29 Å². The Balaban J connectivity index is 2.76. The number of hydrogen-bond donors (Lipinski definition) is 7. The normalized spacial score (nSPS) is 23.1. The molecule has 0 aromatic carbocycles. The lowest BCUT2D eigenvalue weighted by Gasteiger charge is -2.41. The van der Waals surface area contributed by atoms with Crippen LogP contribution in [0.2, 0.25) is 0 Å². The average molecular weight is 776 g/mol. The van der Waals surface area contributed by atoms with E-state index in [4.69, 9.17) is 14.0 Å². The summed E-state index contributed by atoms with van der Waals surface area (Å²) in [4.78, 5) is 13.0. The quantitative estimate of drug-likeness (QED) is 0.0278. The summed E-state index contributed by atoms with van der Waals surface area (Å²) in [5.74, 6) is -0.732. The van der Waals surface area contributed by atoms with E-state index in [1.165, 1.54) is 44.6 Å². The number of aliphatic hydroxyl groups is 5. The molecule has 53 heavy (non-hydrogen) atoms. The number of carbonyl (C=O) groups is 1. The molecule has 1 rings (SSSR count). The summed E-state index contributed by atoms with van der Waals surface area (Å²) in [5.41, 5.74) is 0. The molecule has 1 aliphatic heterocycles. The van der Waals surface area contributed by atoms with E-state index in [9.17, 15) is 38.7 Å². The van der Waals surface area contributed by atoms with Gasteiger partial charge in [-0.25, -0.2) is 4.18 Å². The Morgan fingerprint density at radius 1 is 0.755 bits per heavy atom. The van der Waals surface area contributed by atoms with Crippen molar-refractivity contribution in [2.24, 2.45) is 0 Å². The Morgan fingerprint density at radius 3 is 1.79 bits per heavy atom. The van der Waals surface area contributed by atoms with Gasteiger partial charge in [-0.3, -0.25) is 9.35 Å². The molecule has 0 bridgehead atoms. The smallest absolute Gasteiger partial charge is 0.394 e. The van der Waals surface area contributed by atoms with E-state index in [2.05, 4.69) is 59.8 Å². The number of carbonyl (C=O) groups excluding carboxylic acids is 1. The molecule has 8 unspecified atom stereocenters. The van der Waals surface area contributed by atoms with Gasteiger partial charge in [-0.2, -0.15) is 8.42 Å². The van der Waals surface area contributed by atoms with E-state index in [1.54, 1.807) is 6.08 Å². The van der Waals surface area contributed by atoms with Crippen LogP contribution < -0.4 is 5.32 Å². The van der Waals surface area contributed by atoms with Gasteiger partial charge in [-0.05, 0) is 70.6 Å². The van der Waals surface area contributed by atoms with E-state index >= 15 is 0 Å². The van der Waals surface area contributed by atoms with Crippen molar-refractivity contribution in [3.63, 3.8) is 0 Å². The number of rotatable bonds is 31. The number of aliphatic hydroxyl groups excluding tert-OH is 5. The summed E-state index contributed by atoms with van der Waals surface area (Å²) < 4.78 is 47.2. The summed E-state index contributed by atoms with van der Waals surface area (Å²) in [5, 5.41) is 54.8. The largest absolute Gasteiger partial charge is 0.397 e. The summed E-state index contributed by atoms with van der Waals surface area (Å²) in [6, 6.07) is -1.15. The van der Waals surface area contributed by atoms with Crippen LogP contribution in [0.4, 0.5) is 0 Å². The van der Waals surface area contributed by atoms with Gasteiger partial charge in [0.1, 0.15) is 30.5 Å². The number of nitrogens with one attached hydrogen (secondary N) is 1. The molecule has 13 nitrogen and oxygen atoms in total. The van der Waals surface area contributed by atoms with Gasteiger partial charge in [0, 0.05) is 0 Å². The maximum absolute atomic E-state index is 13.0. The van der Waals surface area contributed by atoms with Crippen molar-refractivity contribution in [3.05, 3.63) is 48.6 Å². The molecule has 1 aliphatic rings. The van der Waals surface area contributed by atoms with Crippen molar-refractivity contribution in [2.45, 2.75) is 178 Å². The maximum atomic E-state index is 13.0. The Morgan fingerprint density at radius 2 is 1.26 bits per heavy atom. The van der Waals surface area contributed by atoms with Crippen LogP contribution in [0.15, 0.2) is 48.6 Å². The lowest BCUT2D eigenvalue weighted by atomic mass is 9.99. The fourth-order valence-corrected chi connectivity index (χ4v) is 6.23. The van der Waals surface area contributed by atoms with Crippen molar-refractivity contribution >= 4 is 16.3 Å². The van der Waals surface area contributed by atoms with Crippen LogP contribution in [0.3, 0.4) is 0 Å². The number of amides is 1. The van der Waals surface area contributed by atoms with E-state index in [-0.39, 0.29) is 6.42 Å². The van der Waals surface area contributed by atoms with Crippen molar-refractivity contribution in [2.75, 3.05) is 13.2 Å². The Labute approximate surface area is 318 Å². The summed E-state index contributed by atoms with van der Waals surface area (Å²) >= 11 is 0. The van der Waals surface area contributed by atoms with Crippen LogP contribution in [0, 0.1) is 0 Å². The lowest BCUT2D eigenvalue weighted by Crippen LogP contribution is -2.61. The van der Waals surface area contributed by atoms with Crippen molar-refractivity contribution in [3.8, 4) is 0 Å².